The van der Waals surface area contributed by atoms with Crippen LogP contribution in [0.1, 0.15) is 55.6 Å². The minimum Gasteiger partial charge on any atom is -0.475 e. The lowest BCUT2D eigenvalue weighted by atomic mass is 9.78. The number of alkyl halides is 3. The molecule has 204 valence electrons. The molecule has 2 unspecified atom stereocenters. The summed E-state index contributed by atoms with van der Waals surface area (Å²) in [5.41, 5.74) is 1.70. The topological polar surface area (TPSA) is 105 Å². The fraction of sp³-hybridized carbons (Fsp3) is 0.577. The Morgan fingerprint density at radius 3 is 2.54 bits per heavy atom. The predicted molar refractivity (Wildman–Crippen MR) is 130 cm³/mol. The summed E-state index contributed by atoms with van der Waals surface area (Å²) in [6, 6.07) is 9.72. The normalized spacial score (nSPS) is 22.4. The average Bonchev–Trinajstić information content (AvgIpc) is 3.22. The van der Waals surface area contributed by atoms with E-state index in [2.05, 4.69) is 29.2 Å². The van der Waals surface area contributed by atoms with Gasteiger partial charge in [-0.05, 0) is 25.7 Å². The molecule has 4 rings (SSSR count). The number of carboxylic acid groups (broad SMARTS) is 1. The standard InChI is InChI=1S/C24H33N3O3.C2HF3O2/c1-17(2)15-27-13-14-29-24(16-27)12-8-7-11-20(24)25-23(28)21-18(3)30-26-22(21)19-9-5-4-6-10-19;3-2(4,5)1(6)7/h4-6,9-10,17,20H,7-8,11-16H2,1-3H3,(H,25,28);(H,6,7). The molecule has 1 saturated carbocycles. The van der Waals surface area contributed by atoms with Gasteiger partial charge in [-0.15, -0.1) is 0 Å². The van der Waals surface area contributed by atoms with Gasteiger partial charge in [-0.2, -0.15) is 13.2 Å². The van der Waals surface area contributed by atoms with Gasteiger partial charge in [-0.1, -0.05) is 62.2 Å². The molecule has 2 heterocycles. The number of aromatic nitrogens is 1. The quantitative estimate of drug-likeness (QED) is 0.584. The fourth-order valence-corrected chi connectivity index (χ4v) is 4.99. The van der Waals surface area contributed by atoms with Crippen molar-refractivity contribution < 1.29 is 37.1 Å². The maximum atomic E-state index is 13.4. The van der Waals surface area contributed by atoms with Gasteiger partial charge in [0, 0.05) is 25.2 Å². The van der Waals surface area contributed by atoms with Crippen molar-refractivity contribution in [3.05, 3.63) is 41.7 Å². The van der Waals surface area contributed by atoms with Crippen LogP contribution in [0.2, 0.25) is 0 Å². The molecule has 8 nitrogen and oxygen atoms in total. The summed E-state index contributed by atoms with van der Waals surface area (Å²) in [7, 11) is 0. The summed E-state index contributed by atoms with van der Waals surface area (Å²) in [4.78, 5) is 24.8. The van der Waals surface area contributed by atoms with Crippen LogP contribution in [0.5, 0.6) is 0 Å². The van der Waals surface area contributed by atoms with E-state index in [1.54, 1.807) is 6.92 Å². The van der Waals surface area contributed by atoms with Gasteiger partial charge in [-0.3, -0.25) is 9.69 Å². The lowest BCUT2D eigenvalue weighted by Gasteiger charge is -2.50. The Morgan fingerprint density at radius 2 is 1.92 bits per heavy atom. The zero-order chi connectivity index (χ0) is 27.2. The average molecular weight is 526 g/mol. The molecule has 11 heteroatoms. The second-order valence-corrected chi connectivity index (χ2v) is 9.95. The summed E-state index contributed by atoms with van der Waals surface area (Å²) < 4.78 is 43.5. The molecule has 2 N–H and O–H groups in total. The predicted octanol–water partition coefficient (Wildman–Crippen LogP) is 4.68. The third kappa shape index (κ3) is 7.32. The van der Waals surface area contributed by atoms with Gasteiger partial charge in [0.05, 0.1) is 12.6 Å². The number of aliphatic carboxylic acids is 1. The van der Waals surface area contributed by atoms with E-state index in [1.807, 2.05) is 30.3 Å². The Hall–Kier alpha value is -2.92. The number of carbonyl (C=O) groups is 2. The second-order valence-electron chi connectivity index (χ2n) is 9.95. The van der Waals surface area contributed by atoms with Crippen molar-refractivity contribution in [1.82, 2.24) is 15.4 Å². The Balaban J connectivity index is 0.000000479. The number of halogens is 3. The highest BCUT2D eigenvalue weighted by Gasteiger charge is 2.46. The molecule has 1 aromatic carbocycles. The molecule has 1 aliphatic heterocycles. The third-order valence-corrected chi connectivity index (χ3v) is 6.57. The second kappa shape index (κ2) is 12.1. The Bertz CT molecular complexity index is 1050. The van der Waals surface area contributed by atoms with E-state index in [1.165, 1.54) is 0 Å². The number of hydrogen-bond donors (Lipinski definition) is 2. The Kier molecular flexibility index (Phi) is 9.36. The van der Waals surface area contributed by atoms with E-state index < -0.39 is 12.1 Å². The molecular weight excluding hydrogens is 491 g/mol. The van der Waals surface area contributed by atoms with Gasteiger partial charge in [0.25, 0.3) is 5.91 Å². The smallest absolute Gasteiger partial charge is 0.475 e. The van der Waals surface area contributed by atoms with Gasteiger partial charge in [0.1, 0.15) is 22.6 Å². The maximum absolute atomic E-state index is 13.4. The summed E-state index contributed by atoms with van der Waals surface area (Å²) in [5.74, 6) is -1.72. The van der Waals surface area contributed by atoms with Crippen LogP contribution < -0.4 is 5.32 Å². The highest BCUT2D eigenvalue weighted by molar-refractivity contribution is 6.01. The molecule has 0 radical (unpaired) electrons. The number of nitrogens with one attached hydrogen (secondary N) is 1. The highest BCUT2D eigenvalue weighted by atomic mass is 19.4. The summed E-state index contributed by atoms with van der Waals surface area (Å²) in [5, 5.41) is 14.6. The van der Waals surface area contributed by atoms with E-state index in [0.717, 1.165) is 57.5 Å². The molecule has 1 aromatic heterocycles. The molecular formula is C26H34F3N3O5. The highest BCUT2D eigenvalue weighted by Crippen LogP contribution is 2.36. The van der Waals surface area contributed by atoms with Crippen LogP contribution >= 0.6 is 0 Å². The number of carboxylic acids is 1. The van der Waals surface area contributed by atoms with E-state index in [9.17, 15) is 18.0 Å². The SMILES string of the molecule is Cc1onc(-c2ccccc2)c1C(=O)NC1CCCCC12CN(CC(C)C)CCO2.O=C(O)C(F)(F)F. The van der Waals surface area contributed by atoms with Crippen molar-refractivity contribution in [2.45, 2.75) is 64.3 Å². The minimum absolute atomic E-state index is 0.00774. The molecule has 1 aliphatic carbocycles. The van der Waals surface area contributed by atoms with E-state index in [-0.39, 0.29) is 17.6 Å². The molecule has 1 saturated heterocycles. The number of ether oxygens (including phenoxy) is 1. The van der Waals surface area contributed by atoms with Gasteiger partial charge < -0.3 is 19.7 Å². The number of rotatable bonds is 5. The Labute approximate surface area is 214 Å². The number of morpholine rings is 1. The first kappa shape index (κ1) is 28.6. The Morgan fingerprint density at radius 1 is 1.24 bits per heavy atom. The first-order valence-corrected chi connectivity index (χ1v) is 12.4. The van der Waals surface area contributed by atoms with Crippen molar-refractivity contribution in [3.8, 4) is 11.3 Å². The molecule has 37 heavy (non-hydrogen) atoms. The monoisotopic (exact) mass is 525 g/mol. The number of hydrogen-bond acceptors (Lipinski definition) is 6. The van der Waals surface area contributed by atoms with Crippen LogP contribution in [0.4, 0.5) is 13.2 Å². The van der Waals surface area contributed by atoms with Crippen molar-refractivity contribution in [3.63, 3.8) is 0 Å². The van der Waals surface area contributed by atoms with Crippen LogP contribution in [-0.2, 0) is 9.53 Å². The van der Waals surface area contributed by atoms with Gasteiger partial charge in [-0.25, -0.2) is 4.79 Å². The van der Waals surface area contributed by atoms with Crippen LogP contribution in [-0.4, -0.2) is 71.1 Å². The van der Waals surface area contributed by atoms with Crippen molar-refractivity contribution >= 4 is 11.9 Å². The van der Waals surface area contributed by atoms with Gasteiger partial charge in [0.15, 0.2) is 0 Å². The van der Waals surface area contributed by atoms with Gasteiger partial charge >= 0.3 is 12.1 Å². The minimum atomic E-state index is -5.08. The number of amides is 1. The molecule has 0 bridgehead atoms. The molecule has 1 spiro atoms. The van der Waals surface area contributed by atoms with Crippen molar-refractivity contribution in [2.75, 3.05) is 26.2 Å². The number of carbonyl (C=O) groups excluding carboxylic acids is 1. The summed E-state index contributed by atoms with van der Waals surface area (Å²) >= 11 is 0. The maximum Gasteiger partial charge on any atom is 0.490 e. The van der Waals surface area contributed by atoms with E-state index in [0.29, 0.717) is 22.9 Å². The molecule has 2 fully saturated rings. The largest absolute Gasteiger partial charge is 0.490 e. The molecule has 2 atom stereocenters. The fourth-order valence-electron chi connectivity index (χ4n) is 4.99. The van der Waals surface area contributed by atoms with Gasteiger partial charge in [0.2, 0.25) is 0 Å². The van der Waals surface area contributed by atoms with Crippen LogP contribution in [0.25, 0.3) is 11.3 Å². The number of nitrogens with zero attached hydrogens (tertiary/aromatic N) is 2. The molecule has 2 aliphatic rings. The zero-order valence-electron chi connectivity index (χ0n) is 21.3. The lowest BCUT2D eigenvalue weighted by molar-refractivity contribution is -0.192. The van der Waals surface area contributed by atoms with Crippen molar-refractivity contribution in [1.29, 1.82) is 0 Å². The lowest BCUT2D eigenvalue weighted by Crippen LogP contribution is -2.64. The van der Waals surface area contributed by atoms with E-state index in [4.69, 9.17) is 19.2 Å². The molecule has 2 aromatic rings. The summed E-state index contributed by atoms with van der Waals surface area (Å²) in [6.07, 6.45) is -0.912. The van der Waals surface area contributed by atoms with Crippen molar-refractivity contribution in [2.24, 2.45) is 5.92 Å². The van der Waals surface area contributed by atoms with Crippen LogP contribution in [0, 0.1) is 12.8 Å². The van der Waals surface area contributed by atoms with Crippen LogP contribution in [0.15, 0.2) is 34.9 Å². The molecule has 1 amide bonds. The van der Waals surface area contributed by atoms with E-state index >= 15 is 0 Å². The number of benzene rings is 1. The number of aryl methyl sites for hydroxylation is 1. The zero-order valence-corrected chi connectivity index (χ0v) is 21.3. The summed E-state index contributed by atoms with van der Waals surface area (Å²) in [6.45, 7) is 9.93. The van der Waals surface area contributed by atoms with Crippen LogP contribution in [0.3, 0.4) is 0 Å². The first-order valence-electron chi connectivity index (χ1n) is 12.4. The third-order valence-electron chi connectivity index (χ3n) is 6.57. The first-order chi connectivity index (χ1) is 17.4.